The first-order chi connectivity index (χ1) is 9.43. The maximum Gasteiger partial charge on any atom is 0.117 e. The lowest BCUT2D eigenvalue weighted by Crippen LogP contribution is -2.02. The van der Waals surface area contributed by atoms with Gasteiger partial charge in [0.2, 0.25) is 0 Å². The largest absolute Gasteiger partial charge is 0.377 e. The first kappa shape index (κ1) is 11.3. The van der Waals surface area contributed by atoms with Crippen molar-refractivity contribution in [2.75, 3.05) is 5.32 Å². The lowest BCUT2D eigenvalue weighted by Gasteiger charge is -2.04. The lowest BCUT2D eigenvalue weighted by atomic mass is 10.1. The van der Waals surface area contributed by atoms with E-state index in [0.29, 0.717) is 6.54 Å². The number of aromatic amines is 1. The van der Waals surface area contributed by atoms with Crippen molar-refractivity contribution in [1.29, 1.82) is 0 Å². The fourth-order valence-electron chi connectivity index (χ4n) is 1.78. The van der Waals surface area contributed by atoms with E-state index in [1.807, 2.05) is 30.3 Å². The van der Waals surface area contributed by atoms with Gasteiger partial charge in [0, 0.05) is 5.56 Å². The van der Waals surface area contributed by atoms with Crippen LogP contribution >= 0.6 is 0 Å². The molecule has 0 amide bonds. The van der Waals surface area contributed by atoms with Gasteiger partial charge in [-0.3, -0.25) is 0 Å². The Bertz CT molecular complexity index is 635. The van der Waals surface area contributed by atoms with Crippen LogP contribution in [0.15, 0.2) is 49.1 Å². The summed E-state index contributed by atoms with van der Waals surface area (Å²) >= 11 is 0. The summed E-state index contributed by atoms with van der Waals surface area (Å²) in [5.41, 5.74) is 3.60. The second-order valence-corrected chi connectivity index (χ2v) is 3.97. The maximum absolute atomic E-state index is 4.19. The van der Waals surface area contributed by atoms with Gasteiger partial charge in [0.1, 0.15) is 17.7 Å². The summed E-state index contributed by atoms with van der Waals surface area (Å²) in [4.78, 5) is 7.90. The molecule has 0 aliphatic carbocycles. The summed E-state index contributed by atoms with van der Waals surface area (Å²) in [5, 5.41) is 14.2. The number of anilines is 1. The Morgan fingerprint density at radius 1 is 1.00 bits per heavy atom. The van der Waals surface area contributed by atoms with Crippen molar-refractivity contribution in [2.24, 2.45) is 0 Å². The maximum atomic E-state index is 4.19. The van der Waals surface area contributed by atoms with Gasteiger partial charge in [-0.05, 0) is 0 Å². The number of hydrogen-bond acceptors (Lipinski definition) is 5. The van der Waals surface area contributed by atoms with E-state index in [9.17, 15) is 0 Å². The quantitative estimate of drug-likeness (QED) is 0.741. The number of nitrogens with zero attached hydrogens (tertiary/aromatic N) is 4. The highest BCUT2D eigenvalue weighted by atomic mass is 15.3. The summed E-state index contributed by atoms with van der Waals surface area (Å²) in [5.74, 6) is 0. The van der Waals surface area contributed by atoms with E-state index in [4.69, 9.17) is 0 Å². The van der Waals surface area contributed by atoms with Crippen molar-refractivity contribution in [1.82, 2.24) is 25.4 Å². The van der Waals surface area contributed by atoms with Crippen molar-refractivity contribution >= 4 is 5.69 Å². The number of H-pyrrole nitrogens is 1. The van der Waals surface area contributed by atoms with Gasteiger partial charge in [-0.2, -0.15) is 15.4 Å². The van der Waals surface area contributed by atoms with E-state index < -0.39 is 0 Å². The normalized spacial score (nSPS) is 10.3. The van der Waals surface area contributed by atoms with Crippen molar-refractivity contribution < 1.29 is 0 Å². The topological polar surface area (TPSA) is 79.4 Å². The van der Waals surface area contributed by atoms with Crippen LogP contribution in [-0.4, -0.2) is 25.4 Å². The summed E-state index contributed by atoms with van der Waals surface area (Å²) < 4.78 is 0. The Morgan fingerprint density at radius 3 is 2.58 bits per heavy atom. The zero-order valence-electron chi connectivity index (χ0n) is 10.1. The van der Waals surface area contributed by atoms with Crippen LogP contribution in [0.1, 0.15) is 5.69 Å². The third kappa shape index (κ3) is 2.57. The highest BCUT2D eigenvalue weighted by molar-refractivity contribution is 5.61. The SMILES string of the molecule is c1ccc(-c2n[nH]nc2CNc2cncnc2)cc1. The molecule has 1 aromatic carbocycles. The van der Waals surface area contributed by atoms with E-state index in [1.165, 1.54) is 6.33 Å². The average molecular weight is 252 g/mol. The van der Waals surface area contributed by atoms with Gasteiger partial charge in [0.25, 0.3) is 0 Å². The Labute approximate surface area is 109 Å². The summed E-state index contributed by atoms with van der Waals surface area (Å²) in [7, 11) is 0. The van der Waals surface area contributed by atoms with Crippen LogP contribution in [0.25, 0.3) is 11.3 Å². The zero-order valence-corrected chi connectivity index (χ0v) is 10.1. The van der Waals surface area contributed by atoms with Crippen LogP contribution in [0.3, 0.4) is 0 Å². The van der Waals surface area contributed by atoms with Crippen LogP contribution in [0.4, 0.5) is 5.69 Å². The van der Waals surface area contributed by atoms with Gasteiger partial charge in [-0.15, -0.1) is 0 Å². The zero-order chi connectivity index (χ0) is 12.9. The van der Waals surface area contributed by atoms with E-state index in [0.717, 1.165) is 22.6 Å². The molecule has 0 spiro atoms. The Morgan fingerprint density at radius 2 is 1.79 bits per heavy atom. The van der Waals surface area contributed by atoms with Crippen LogP contribution in [-0.2, 0) is 6.54 Å². The fourth-order valence-corrected chi connectivity index (χ4v) is 1.78. The number of hydrogen-bond donors (Lipinski definition) is 2. The van der Waals surface area contributed by atoms with Crippen LogP contribution < -0.4 is 5.32 Å². The Kier molecular flexibility index (Phi) is 3.14. The molecule has 94 valence electrons. The summed E-state index contributed by atoms with van der Waals surface area (Å²) in [6.07, 6.45) is 4.93. The van der Waals surface area contributed by atoms with Gasteiger partial charge < -0.3 is 5.32 Å². The first-order valence-electron chi connectivity index (χ1n) is 5.87. The highest BCUT2D eigenvalue weighted by Gasteiger charge is 2.09. The molecule has 19 heavy (non-hydrogen) atoms. The van der Waals surface area contributed by atoms with Crippen LogP contribution in [0, 0.1) is 0 Å². The molecule has 6 heteroatoms. The van der Waals surface area contributed by atoms with Gasteiger partial charge in [0.05, 0.1) is 24.6 Å². The van der Waals surface area contributed by atoms with Gasteiger partial charge in [0.15, 0.2) is 0 Å². The molecule has 0 saturated heterocycles. The van der Waals surface area contributed by atoms with Crippen molar-refractivity contribution in [3.63, 3.8) is 0 Å². The molecular formula is C13H12N6. The third-order valence-electron chi connectivity index (χ3n) is 2.69. The fraction of sp³-hybridized carbons (Fsp3) is 0.0769. The van der Waals surface area contributed by atoms with E-state index >= 15 is 0 Å². The molecule has 0 radical (unpaired) electrons. The van der Waals surface area contributed by atoms with Crippen molar-refractivity contribution in [2.45, 2.75) is 6.54 Å². The van der Waals surface area contributed by atoms with Crippen LogP contribution in [0.2, 0.25) is 0 Å². The molecule has 2 N–H and O–H groups in total. The van der Waals surface area contributed by atoms with Crippen LogP contribution in [0.5, 0.6) is 0 Å². The first-order valence-corrected chi connectivity index (χ1v) is 5.87. The smallest absolute Gasteiger partial charge is 0.117 e. The monoisotopic (exact) mass is 252 g/mol. The summed E-state index contributed by atoms with van der Waals surface area (Å²) in [6, 6.07) is 9.95. The predicted octanol–water partition coefficient (Wildman–Crippen LogP) is 1.87. The summed E-state index contributed by atoms with van der Waals surface area (Å²) in [6.45, 7) is 0.564. The van der Waals surface area contributed by atoms with Gasteiger partial charge in [-0.25, -0.2) is 9.97 Å². The van der Waals surface area contributed by atoms with E-state index in [-0.39, 0.29) is 0 Å². The number of rotatable bonds is 4. The molecule has 3 aromatic rings. The predicted molar refractivity (Wildman–Crippen MR) is 71.2 cm³/mol. The molecule has 2 heterocycles. The van der Waals surface area contributed by atoms with Gasteiger partial charge >= 0.3 is 0 Å². The minimum atomic E-state index is 0.564. The minimum Gasteiger partial charge on any atom is -0.377 e. The average Bonchev–Trinajstić information content (AvgIpc) is 2.95. The molecule has 0 unspecified atom stereocenters. The third-order valence-corrected chi connectivity index (χ3v) is 2.69. The second-order valence-electron chi connectivity index (χ2n) is 3.97. The highest BCUT2D eigenvalue weighted by Crippen LogP contribution is 2.19. The minimum absolute atomic E-state index is 0.564. The molecule has 0 atom stereocenters. The number of nitrogens with one attached hydrogen (secondary N) is 2. The van der Waals surface area contributed by atoms with Crippen molar-refractivity contribution in [3.8, 4) is 11.3 Å². The molecule has 0 saturated carbocycles. The van der Waals surface area contributed by atoms with Crippen molar-refractivity contribution in [3.05, 3.63) is 54.7 Å². The number of benzene rings is 1. The van der Waals surface area contributed by atoms with E-state index in [2.05, 4.69) is 30.7 Å². The molecule has 0 fully saturated rings. The standard InChI is InChI=1S/C13H12N6/c1-2-4-10(5-3-1)13-12(17-19-18-13)8-16-11-6-14-9-15-7-11/h1-7,9,16H,8H2,(H,17,18,19). The molecule has 0 aliphatic rings. The Hall–Kier alpha value is -2.76. The molecule has 0 aliphatic heterocycles. The second kappa shape index (κ2) is 5.26. The number of aromatic nitrogens is 5. The van der Waals surface area contributed by atoms with E-state index in [1.54, 1.807) is 12.4 Å². The molecule has 2 aromatic heterocycles. The molecule has 3 rings (SSSR count). The molecule has 6 nitrogen and oxygen atoms in total. The molecular weight excluding hydrogens is 240 g/mol. The van der Waals surface area contributed by atoms with Gasteiger partial charge in [-0.1, -0.05) is 30.3 Å². The Balaban J connectivity index is 1.78. The lowest BCUT2D eigenvalue weighted by molar-refractivity contribution is 0.910. The molecule has 0 bridgehead atoms.